The van der Waals surface area contributed by atoms with E-state index in [1.807, 2.05) is 24.5 Å². The van der Waals surface area contributed by atoms with Gasteiger partial charge in [0.1, 0.15) is 0 Å². The van der Waals surface area contributed by atoms with Crippen LogP contribution in [0.25, 0.3) is 0 Å². The van der Waals surface area contributed by atoms with Crippen molar-refractivity contribution in [3.63, 3.8) is 0 Å². The van der Waals surface area contributed by atoms with Crippen molar-refractivity contribution in [1.29, 1.82) is 5.41 Å². The number of hydrogen-bond donors (Lipinski definition) is 1. The van der Waals surface area contributed by atoms with Crippen LogP contribution in [0.3, 0.4) is 0 Å². The van der Waals surface area contributed by atoms with Gasteiger partial charge in [0.2, 0.25) is 0 Å². The molecule has 0 spiro atoms. The van der Waals surface area contributed by atoms with Crippen molar-refractivity contribution >= 4 is 25.1 Å². The third-order valence-electron chi connectivity index (χ3n) is 1.20. The first-order valence-corrected chi connectivity index (χ1v) is 3.03. The summed E-state index contributed by atoms with van der Waals surface area (Å²) in [5, 5.41) is 6.77. The normalized spacial score (nSPS) is 8.40. The van der Waals surface area contributed by atoms with Gasteiger partial charge in [0.15, 0.2) is 0 Å². The van der Waals surface area contributed by atoms with Crippen molar-refractivity contribution in [2.24, 2.45) is 0 Å². The van der Waals surface area contributed by atoms with Gasteiger partial charge in [-0.05, 0) is 24.8 Å². The van der Waals surface area contributed by atoms with Gasteiger partial charge in [-0.3, -0.25) is 0 Å². The fourth-order valence-corrected chi connectivity index (χ4v) is 0.733. The van der Waals surface area contributed by atoms with E-state index in [2.05, 4.69) is 4.57 Å². The van der Waals surface area contributed by atoms with Crippen LogP contribution in [0.4, 0.5) is 0 Å². The average molecular weight is 130 g/mol. The topological polar surface area (TPSA) is 28.8 Å². The molecule has 50 valence electrons. The summed E-state index contributed by atoms with van der Waals surface area (Å²) in [6.45, 7) is 0.927. The zero-order valence-corrected chi connectivity index (χ0v) is 5.25. The molecule has 3 heteroatoms. The molecule has 0 bridgehead atoms. The average Bonchev–Trinajstić information content (AvgIpc) is 2.34. The quantitative estimate of drug-likeness (QED) is 0.465. The fourth-order valence-electron chi connectivity index (χ4n) is 0.733. The van der Waals surface area contributed by atoms with Crippen LogP contribution in [0.2, 0.25) is 0 Å². The molecule has 0 saturated carbocycles. The molecule has 0 fully saturated rings. The Bertz CT molecular complexity index is 170. The molecule has 10 heavy (non-hydrogen) atoms. The van der Waals surface area contributed by atoms with Crippen LogP contribution < -0.4 is 0 Å². The molecular weight excluding hydrogens is 119 g/mol. The van der Waals surface area contributed by atoms with E-state index in [-0.39, 0.29) is 18.9 Å². The zero-order chi connectivity index (χ0) is 6.53. The van der Waals surface area contributed by atoms with Crippen LogP contribution in [0.5, 0.6) is 0 Å². The third-order valence-corrected chi connectivity index (χ3v) is 1.20. The predicted molar refractivity (Wildman–Crippen MR) is 45.0 cm³/mol. The van der Waals surface area contributed by atoms with Crippen LogP contribution in [0.1, 0.15) is 6.42 Å². The summed E-state index contributed by atoms with van der Waals surface area (Å²) in [6.07, 6.45) is 6.27. The van der Waals surface area contributed by atoms with Gasteiger partial charge in [0, 0.05) is 18.9 Å². The van der Waals surface area contributed by atoms with E-state index >= 15 is 0 Å². The van der Waals surface area contributed by atoms with Crippen LogP contribution in [0, 0.1) is 5.41 Å². The van der Waals surface area contributed by atoms with E-state index in [0.717, 1.165) is 13.0 Å². The Labute approximate surface area is 72.9 Å². The van der Waals surface area contributed by atoms with Crippen molar-refractivity contribution in [3.05, 3.63) is 24.5 Å². The number of nitrogens with one attached hydrogen (secondary N) is 1. The maximum atomic E-state index is 6.77. The Hall–Kier alpha value is -0.453. The SMILES string of the molecule is N=CCCn1cccc1.[LiH]. The molecule has 0 saturated heterocycles. The molecule has 0 atom stereocenters. The Morgan fingerprint density at radius 3 is 2.40 bits per heavy atom. The predicted octanol–water partition coefficient (Wildman–Crippen LogP) is 0.879. The summed E-state index contributed by atoms with van der Waals surface area (Å²) in [5.74, 6) is 0. The number of nitrogens with zero attached hydrogens (tertiary/aromatic N) is 1. The van der Waals surface area contributed by atoms with Gasteiger partial charge in [-0.1, -0.05) is 0 Å². The summed E-state index contributed by atoms with van der Waals surface area (Å²) in [7, 11) is 0. The van der Waals surface area contributed by atoms with Crippen LogP contribution in [-0.2, 0) is 6.54 Å². The summed E-state index contributed by atoms with van der Waals surface area (Å²) < 4.78 is 2.06. The van der Waals surface area contributed by atoms with Crippen LogP contribution >= 0.6 is 0 Å². The summed E-state index contributed by atoms with van der Waals surface area (Å²) in [5.41, 5.74) is 0. The molecule has 0 aliphatic heterocycles. The molecule has 1 heterocycles. The number of rotatable bonds is 3. The van der Waals surface area contributed by atoms with Gasteiger partial charge in [-0.25, -0.2) is 0 Å². The molecule has 1 N–H and O–H groups in total. The first-order chi connectivity index (χ1) is 4.43. The molecule has 0 amide bonds. The molecule has 0 radical (unpaired) electrons. The minimum atomic E-state index is 0. The number of aryl methyl sites for hydroxylation is 1. The van der Waals surface area contributed by atoms with Gasteiger partial charge in [0.05, 0.1) is 0 Å². The minimum absolute atomic E-state index is 0. The fraction of sp³-hybridized carbons (Fsp3) is 0.286. The standard InChI is InChI=1S/C7H10N2.Li.H/c8-4-3-7-9-5-1-2-6-9;;/h1-2,4-6,8H,3,7H2;;. The second-order valence-corrected chi connectivity index (χ2v) is 1.91. The van der Waals surface area contributed by atoms with Gasteiger partial charge >= 0.3 is 18.9 Å². The van der Waals surface area contributed by atoms with Gasteiger partial charge < -0.3 is 9.98 Å². The molecule has 0 unspecified atom stereocenters. The van der Waals surface area contributed by atoms with E-state index < -0.39 is 0 Å². The summed E-state index contributed by atoms with van der Waals surface area (Å²) >= 11 is 0. The molecule has 0 aliphatic rings. The molecule has 0 aliphatic carbocycles. The molecule has 2 nitrogen and oxygen atoms in total. The molecule has 1 rings (SSSR count). The Kier molecular flexibility index (Phi) is 5.10. The van der Waals surface area contributed by atoms with Gasteiger partial charge in [0.25, 0.3) is 0 Å². The second-order valence-electron chi connectivity index (χ2n) is 1.91. The van der Waals surface area contributed by atoms with Crippen molar-refractivity contribution in [1.82, 2.24) is 4.57 Å². The molecular formula is C7H11LiN2. The van der Waals surface area contributed by atoms with Crippen molar-refractivity contribution in [3.8, 4) is 0 Å². The Morgan fingerprint density at radius 1 is 1.30 bits per heavy atom. The number of aromatic nitrogens is 1. The van der Waals surface area contributed by atoms with E-state index in [9.17, 15) is 0 Å². The van der Waals surface area contributed by atoms with Crippen LogP contribution in [0.15, 0.2) is 24.5 Å². The van der Waals surface area contributed by atoms with Crippen molar-refractivity contribution in [2.75, 3.05) is 0 Å². The Balaban J connectivity index is 0.000000810. The third kappa shape index (κ3) is 2.91. The van der Waals surface area contributed by atoms with E-state index in [4.69, 9.17) is 5.41 Å². The van der Waals surface area contributed by atoms with E-state index in [1.54, 1.807) is 0 Å². The molecule has 0 aromatic carbocycles. The Morgan fingerprint density at radius 2 is 1.90 bits per heavy atom. The second kappa shape index (κ2) is 5.34. The summed E-state index contributed by atoms with van der Waals surface area (Å²) in [4.78, 5) is 0. The molecule has 1 aromatic rings. The first kappa shape index (κ1) is 9.55. The van der Waals surface area contributed by atoms with Gasteiger partial charge in [-0.2, -0.15) is 0 Å². The summed E-state index contributed by atoms with van der Waals surface area (Å²) in [6, 6.07) is 3.98. The zero-order valence-electron chi connectivity index (χ0n) is 5.25. The van der Waals surface area contributed by atoms with Gasteiger partial charge in [-0.15, -0.1) is 0 Å². The number of hydrogen-bond acceptors (Lipinski definition) is 1. The maximum absolute atomic E-state index is 6.77. The molecule has 1 aromatic heterocycles. The first-order valence-electron chi connectivity index (χ1n) is 3.03. The van der Waals surface area contributed by atoms with E-state index in [0.29, 0.717) is 0 Å². The van der Waals surface area contributed by atoms with Crippen molar-refractivity contribution in [2.45, 2.75) is 13.0 Å². The van der Waals surface area contributed by atoms with Crippen molar-refractivity contribution < 1.29 is 0 Å². The monoisotopic (exact) mass is 130 g/mol. The van der Waals surface area contributed by atoms with Crippen LogP contribution in [-0.4, -0.2) is 29.6 Å². The van der Waals surface area contributed by atoms with E-state index in [1.165, 1.54) is 6.21 Å².